The molecule has 2 N–H and O–H groups in total. The van der Waals surface area contributed by atoms with Gasteiger partial charge < -0.3 is 10.5 Å². The molecule has 2 saturated heterocycles. The van der Waals surface area contributed by atoms with E-state index in [2.05, 4.69) is 11.8 Å². The van der Waals surface area contributed by atoms with Crippen LogP contribution in [0.5, 0.6) is 0 Å². The predicted molar refractivity (Wildman–Crippen MR) is 81.9 cm³/mol. The minimum atomic E-state index is -0.364. The Kier molecular flexibility index (Phi) is 4.00. The van der Waals surface area contributed by atoms with Crippen molar-refractivity contribution in [2.75, 3.05) is 19.8 Å². The summed E-state index contributed by atoms with van der Waals surface area (Å²) in [5.74, 6) is -0.364. The van der Waals surface area contributed by atoms with Gasteiger partial charge in [-0.05, 0) is 55.8 Å². The van der Waals surface area contributed by atoms with E-state index < -0.39 is 0 Å². The number of carbonyl (C=O) groups excluding carboxylic acids is 1. The number of amides is 1. The Morgan fingerprint density at radius 1 is 1.29 bits per heavy atom. The third-order valence-corrected chi connectivity index (χ3v) is 5.44. The lowest BCUT2D eigenvalue weighted by molar-refractivity contribution is -0.00149. The summed E-state index contributed by atoms with van der Waals surface area (Å²) in [4.78, 5) is 13.7. The Bertz CT molecular complexity index is 506. The van der Waals surface area contributed by atoms with E-state index >= 15 is 0 Å². The largest absolute Gasteiger partial charge is 0.381 e. The highest BCUT2D eigenvalue weighted by Gasteiger charge is 2.45. The fourth-order valence-electron chi connectivity index (χ4n) is 3.83. The Morgan fingerprint density at radius 2 is 1.95 bits per heavy atom. The van der Waals surface area contributed by atoms with E-state index in [4.69, 9.17) is 10.5 Å². The second kappa shape index (κ2) is 5.78. The molecule has 0 aromatic heterocycles. The summed E-state index contributed by atoms with van der Waals surface area (Å²) in [6, 6.07) is 8.27. The first kappa shape index (κ1) is 14.5. The van der Waals surface area contributed by atoms with Crippen molar-refractivity contribution < 1.29 is 9.53 Å². The summed E-state index contributed by atoms with van der Waals surface area (Å²) in [7, 11) is 0. The van der Waals surface area contributed by atoms with Crippen molar-refractivity contribution in [3.63, 3.8) is 0 Å². The molecule has 2 aliphatic heterocycles. The van der Waals surface area contributed by atoms with E-state index in [1.807, 2.05) is 24.3 Å². The molecule has 0 saturated carbocycles. The van der Waals surface area contributed by atoms with Gasteiger partial charge in [-0.1, -0.05) is 12.1 Å². The van der Waals surface area contributed by atoms with Gasteiger partial charge in [0.05, 0.1) is 0 Å². The van der Waals surface area contributed by atoms with Gasteiger partial charge in [0.25, 0.3) is 0 Å². The van der Waals surface area contributed by atoms with E-state index in [0.29, 0.717) is 17.0 Å². The molecule has 4 heteroatoms. The molecular weight excluding hydrogens is 264 g/mol. The number of benzene rings is 1. The molecule has 0 radical (unpaired) electrons. The number of likely N-dealkylation sites (tertiary alicyclic amines) is 1. The summed E-state index contributed by atoms with van der Waals surface area (Å²) < 4.78 is 5.53. The molecule has 1 spiro atoms. The number of primary amides is 1. The molecule has 2 heterocycles. The van der Waals surface area contributed by atoms with E-state index in [0.717, 1.165) is 26.3 Å². The maximum Gasteiger partial charge on any atom is 0.248 e. The number of ether oxygens (including phenoxy) is 1. The van der Waals surface area contributed by atoms with E-state index in [1.54, 1.807) is 0 Å². The lowest BCUT2D eigenvalue weighted by atomic mass is 9.74. The molecule has 1 unspecified atom stereocenters. The number of nitrogens with zero attached hydrogens (tertiary/aromatic N) is 1. The molecule has 21 heavy (non-hydrogen) atoms. The molecular formula is C17H24N2O2. The SMILES string of the molecule is CC1N(Cc2ccc(C(N)=O)cc2)CCC12CCOCC2. The normalized spacial score (nSPS) is 25.3. The van der Waals surface area contributed by atoms with Gasteiger partial charge in [-0.25, -0.2) is 0 Å². The Morgan fingerprint density at radius 3 is 2.57 bits per heavy atom. The molecule has 114 valence electrons. The first-order valence-corrected chi connectivity index (χ1v) is 7.81. The first-order valence-electron chi connectivity index (χ1n) is 7.81. The number of carbonyl (C=O) groups is 1. The van der Waals surface area contributed by atoms with Crippen LogP contribution in [0.25, 0.3) is 0 Å². The fourth-order valence-corrected chi connectivity index (χ4v) is 3.83. The van der Waals surface area contributed by atoms with E-state index in [-0.39, 0.29) is 5.91 Å². The minimum absolute atomic E-state index is 0.364. The molecule has 0 aliphatic carbocycles. The van der Waals surface area contributed by atoms with Crippen molar-refractivity contribution in [1.82, 2.24) is 4.90 Å². The summed E-state index contributed by atoms with van der Waals surface area (Å²) in [6.07, 6.45) is 3.65. The van der Waals surface area contributed by atoms with Crippen LogP contribution in [-0.4, -0.2) is 36.6 Å². The standard InChI is InChI=1S/C17H24N2O2/c1-13-17(7-10-21-11-8-17)6-9-19(13)12-14-2-4-15(5-3-14)16(18)20/h2-5,13H,6-12H2,1H3,(H2,18,20). The first-order chi connectivity index (χ1) is 10.1. The topological polar surface area (TPSA) is 55.6 Å². The molecule has 0 bridgehead atoms. The van der Waals surface area contributed by atoms with Crippen LogP contribution < -0.4 is 5.73 Å². The van der Waals surface area contributed by atoms with Crippen molar-refractivity contribution in [1.29, 1.82) is 0 Å². The maximum atomic E-state index is 11.1. The average Bonchev–Trinajstić information content (AvgIpc) is 2.78. The van der Waals surface area contributed by atoms with Gasteiger partial charge in [-0.15, -0.1) is 0 Å². The van der Waals surface area contributed by atoms with Crippen molar-refractivity contribution >= 4 is 5.91 Å². The molecule has 2 fully saturated rings. The molecule has 1 atom stereocenters. The fraction of sp³-hybridized carbons (Fsp3) is 0.588. The Balaban J connectivity index is 1.67. The van der Waals surface area contributed by atoms with Crippen LogP contribution in [0, 0.1) is 5.41 Å². The van der Waals surface area contributed by atoms with Crippen LogP contribution in [0.3, 0.4) is 0 Å². The Hall–Kier alpha value is -1.39. The van der Waals surface area contributed by atoms with Crippen molar-refractivity contribution in [2.24, 2.45) is 11.1 Å². The third kappa shape index (κ3) is 2.83. The summed E-state index contributed by atoms with van der Waals surface area (Å²) in [5.41, 5.74) is 7.56. The van der Waals surface area contributed by atoms with Crippen molar-refractivity contribution in [2.45, 2.75) is 38.8 Å². The van der Waals surface area contributed by atoms with Crippen molar-refractivity contribution in [3.8, 4) is 0 Å². The highest BCUT2D eigenvalue weighted by Crippen LogP contribution is 2.45. The van der Waals surface area contributed by atoms with Crippen LogP contribution in [0.2, 0.25) is 0 Å². The summed E-state index contributed by atoms with van der Waals surface area (Å²) in [5, 5.41) is 0. The maximum absolute atomic E-state index is 11.1. The zero-order valence-electron chi connectivity index (χ0n) is 12.7. The summed E-state index contributed by atoms with van der Waals surface area (Å²) in [6.45, 7) is 6.27. The van der Waals surface area contributed by atoms with Gasteiger partial charge in [0.1, 0.15) is 0 Å². The third-order valence-electron chi connectivity index (χ3n) is 5.44. The quantitative estimate of drug-likeness (QED) is 0.927. The van der Waals surface area contributed by atoms with Gasteiger partial charge in [-0.2, -0.15) is 0 Å². The molecule has 1 aromatic carbocycles. The Labute approximate surface area is 126 Å². The second-order valence-corrected chi connectivity index (χ2v) is 6.43. The monoisotopic (exact) mass is 288 g/mol. The number of hydrogen-bond donors (Lipinski definition) is 1. The highest BCUT2D eigenvalue weighted by atomic mass is 16.5. The highest BCUT2D eigenvalue weighted by molar-refractivity contribution is 5.92. The van der Waals surface area contributed by atoms with Gasteiger partial charge >= 0.3 is 0 Å². The van der Waals surface area contributed by atoms with Crippen LogP contribution in [0.15, 0.2) is 24.3 Å². The predicted octanol–water partition coefficient (Wildman–Crippen LogP) is 2.18. The average molecular weight is 288 g/mol. The van der Waals surface area contributed by atoms with Crippen LogP contribution in [0.1, 0.15) is 42.1 Å². The van der Waals surface area contributed by atoms with Crippen LogP contribution >= 0.6 is 0 Å². The summed E-state index contributed by atoms with van der Waals surface area (Å²) >= 11 is 0. The van der Waals surface area contributed by atoms with Gasteiger partial charge in [0, 0.05) is 31.4 Å². The van der Waals surface area contributed by atoms with Gasteiger partial charge in [0.15, 0.2) is 0 Å². The molecule has 1 aromatic rings. The van der Waals surface area contributed by atoms with Crippen LogP contribution in [-0.2, 0) is 11.3 Å². The molecule has 2 aliphatic rings. The number of hydrogen-bond acceptors (Lipinski definition) is 3. The van der Waals surface area contributed by atoms with E-state index in [9.17, 15) is 4.79 Å². The van der Waals surface area contributed by atoms with Gasteiger partial charge in [-0.3, -0.25) is 9.69 Å². The van der Waals surface area contributed by atoms with E-state index in [1.165, 1.54) is 24.8 Å². The second-order valence-electron chi connectivity index (χ2n) is 6.43. The zero-order chi connectivity index (χ0) is 14.9. The number of nitrogens with two attached hydrogens (primary N) is 1. The minimum Gasteiger partial charge on any atom is -0.381 e. The lowest BCUT2D eigenvalue weighted by Crippen LogP contribution is -2.40. The van der Waals surface area contributed by atoms with Crippen LogP contribution in [0.4, 0.5) is 0 Å². The van der Waals surface area contributed by atoms with Crippen molar-refractivity contribution in [3.05, 3.63) is 35.4 Å². The van der Waals surface area contributed by atoms with Gasteiger partial charge in [0.2, 0.25) is 5.91 Å². The zero-order valence-corrected chi connectivity index (χ0v) is 12.7. The molecule has 1 amide bonds. The number of rotatable bonds is 3. The lowest BCUT2D eigenvalue weighted by Gasteiger charge is -2.39. The molecule has 3 rings (SSSR count). The smallest absolute Gasteiger partial charge is 0.248 e. The molecule has 4 nitrogen and oxygen atoms in total.